The second-order valence-corrected chi connectivity index (χ2v) is 5.59. The summed E-state index contributed by atoms with van der Waals surface area (Å²) in [6, 6.07) is 4.28. The largest absolute Gasteiger partial charge is 0.344 e. The molecular formula is C16H27N3O. The van der Waals surface area contributed by atoms with Crippen molar-refractivity contribution in [3.8, 4) is 0 Å². The number of piperidine rings is 1. The molecule has 1 aliphatic heterocycles. The summed E-state index contributed by atoms with van der Waals surface area (Å²) in [7, 11) is 0. The van der Waals surface area contributed by atoms with Gasteiger partial charge >= 0.3 is 0 Å². The van der Waals surface area contributed by atoms with Crippen LogP contribution >= 0.6 is 0 Å². The molecule has 1 atom stereocenters. The van der Waals surface area contributed by atoms with Gasteiger partial charge in [0, 0.05) is 31.9 Å². The maximum Gasteiger partial charge on any atom is 0.270 e. The van der Waals surface area contributed by atoms with Crippen molar-refractivity contribution < 1.29 is 4.79 Å². The third-order valence-corrected chi connectivity index (χ3v) is 3.95. The molecule has 0 saturated carbocycles. The van der Waals surface area contributed by atoms with Crippen LogP contribution in [-0.4, -0.2) is 41.1 Å². The van der Waals surface area contributed by atoms with Crippen molar-refractivity contribution in [2.45, 2.75) is 52.1 Å². The number of carbonyl (C=O) groups excluding carboxylic acids is 1. The van der Waals surface area contributed by atoms with Crippen LogP contribution in [0.15, 0.2) is 18.3 Å². The smallest absolute Gasteiger partial charge is 0.270 e. The van der Waals surface area contributed by atoms with Crippen molar-refractivity contribution in [1.29, 1.82) is 0 Å². The minimum atomic E-state index is 0.194. The maximum absolute atomic E-state index is 12.9. The van der Waals surface area contributed by atoms with Crippen LogP contribution in [0.5, 0.6) is 0 Å². The topological polar surface area (TPSA) is 37.3 Å². The molecule has 1 unspecified atom stereocenters. The number of aryl methyl sites for hydroxylation is 1. The molecule has 112 valence electrons. The average Bonchev–Trinajstić information content (AvgIpc) is 2.94. The van der Waals surface area contributed by atoms with Gasteiger partial charge in [-0.25, -0.2) is 0 Å². The highest BCUT2D eigenvalue weighted by molar-refractivity contribution is 5.93. The van der Waals surface area contributed by atoms with Gasteiger partial charge in [-0.05, 0) is 44.4 Å². The molecule has 1 saturated heterocycles. The quantitative estimate of drug-likeness (QED) is 0.867. The zero-order valence-corrected chi connectivity index (χ0v) is 12.8. The fourth-order valence-corrected chi connectivity index (χ4v) is 2.98. The van der Waals surface area contributed by atoms with Crippen LogP contribution in [0, 0.1) is 0 Å². The van der Waals surface area contributed by atoms with E-state index in [1.54, 1.807) is 0 Å². The first-order valence-electron chi connectivity index (χ1n) is 7.94. The van der Waals surface area contributed by atoms with E-state index in [0.717, 1.165) is 57.6 Å². The van der Waals surface area contributed by atoms with E-state index in [1.165, 1.54) is 0 Å². The van der Waals surface area contributed by atoms with E-state index < -0.39 is 0 Å². The van der Waals surface area contributed by atoms with E-state index in [2.05, 4.69) is 28.6 Å². The van der Waals surface area contributed by atoms with Crippen molar-refractivity contribution in [3.05, 3.63) is 24.0 Å². The number of aromatic nitrogens is 1. The number of amides is 1. The number of hydrogen-bond acceptors (Lipinski definition) is 2. The van der Waals surface area contributed by atoms with E-state index in [9.17, 15) is 4.79 Å². The molecule has 0 aromatic carbocycles. The number of carbonyl (C=O) groups is 1. The molecule has 1 aliphatic rings. The SMILES string of the molecule is CCCN(C(=O)c1cccn1CCC)C1CCCNC1. The second-order valence-electron chi connectivity index (χ2n) is 5.59. The highest BCUT2D eigenvalue weighted by Gasteiger charge is 2.26. The molecular weight excluding hydrogens is 250 g/mol. The Hall–Kier alpha value is -1.29. The molecule has 2 heterocycles. The third-order valence-electron chi connectivity index (χ3n) is 3.95. The van der Waals surface area contributed by atoms with Gasteiger partial charge in [-0.2, -0.15) is 0 Å². The first kappa shape index (κ1) is 15.1. The lowest BCUT2D eigenvalue weighted by molar-refractivity contribution is 0.0637. The summed E-state index contributed by atoms with van der Waals surface area (Å²) in [5.41, 5.74) is 0.839. The molecule has 0 radical (unpaired) electrons. The van der Waals surface area contributed by atoms with Crippen molar-refractivity contribution >= 4 is 5.91 Å². The molecule has 1 fully saturated rings. The average molecular weight is 277 g/mol. The Morgan fingerprint density at radius 3 is 2.95 bits per heavy atom. The summed E-state index contributed by atoms with van der Waals surface area (Å²) in [5.74, 6) is 0.194. The molecule has 0 bridgehead atoms. The minimum absolute atomic E-state index is 0.194. The molecule has 0 aliphatic carbocycles. The predicted octanol–water partition coefficient (Wildman–Crippen LogP) is 2.50. The van der Waals surface area contributed by atoms with Gasteiger partial charge in [0.15, 0.2) is 0 Å². The molecule has 4 nitrogen and oxygen atoms in total. The van der Waals surface area contributed by atoms with Gasteiger partial charge in [0.05, 0.1) is 0 Å². The van der Waals surface area contributed by atoms with E-state index in [4.69, 9.17) is 0 Å². The number of nitrogens with one attached hydrogen (secondary N) is 1. The molecule has 2 rings (SSSR count). The van der Waals surface area contributed by atoms with Gasteiger partial charge in [-0.1, -0.05) is 13.8 Å². The minimum Gasteiger partial charge on any atom is -0.344 e. The molecule has 4 heteroatoms. The molecule has 20 heavy (non-hydrogen) atoms. The Balaban J connectivity index is 2.14. The summed E-state index contributed by atoms with van der Waals surface area (Å²) in [5, 5.41) is 3.41. The van der Waals surface area contributed by atoms with Gasteiger partial charge < -0.3 is 14.8 Å². The van der Waals surface area contributed by atoms with Crippen molar-refractivity contribution in [1.82, 2.24) is 14.8 Å². The van der Waals surface area contributed by atoms with E-state index >= 15 is 0 Å². The molecule has 1 aromatic rings. The summed E-state index contributed by atoms with van der Waals surface area (Å²) in [4.78, 5) is 14.9. The Morgan fingerprint density at radius 1 is 1.45 bits per heavy atom. The van der Waals surface area contributed by atoms with Gasteiger partial charge in [0.2, 0.25) is 0 Å². The summed E-state index contributed by atoms with van der Waals surface area (Å²) < 4.78 is 2.08. The number of rotatable bonds is 6. The number of hydrogen-bond donors (Lipinski definition) is 1. The first-order valence-corrected chi connectivity index (χ1v) is 7.94. The van der Waals surface area contributed by atoms with Gasteiger partial charge in [-0.3, -0.25) is 4.79 Å². The lowest BCUT2D eigenvalue weighted by Crippen LogP contribution is -2.49. The Labute approximate surface area is 122 Å². The van der Waals surface area contributed by atoms with Crippen LogP contribution in [-0.2, 0) is 6.54 Å². The zero-order valence-electron chi connectivity index (χ0n) is 12.8. The molecule has 1 N–H and O–H groups in total. The van der Waals surface area contributed by atoms with Gasteiger partial charge in [0.25, 0.3) is 5.91 Å². The molecule has 1 aromatic heterocycles. The standard InChI is InChI=1S/C16H27N3O/c1-3-10-18-12-6-8-15(18)16(20)19(11-4-2)14-7-5-9-17-13-14/h6,8,12,14,17H,3-5,7,9-11,13H2,1-2H3. The highest BCUT2D eigenvalue weighted by atomic mass is 16.2. The van der Waals surface area contributed by atoms with Crippen molar-refractivity contribution in [3.63, 3.8) is 0 Å². The Kier molecular flexibility index (Phi) is 5.65. The van der Waals surface area contributed by atoms with E-state index in [1.807, 2.05) is 18.3 Å². The predicted molar refractivity (Wildman–Crippen MR) is 81.9 cm³/mol. The van der Waals surface area contributed by atoms with Crippen LogP contribution in [0.25, 0.3) is 0 Å². The van der Waals surface area contributed by atoms with Crippen LogP contribution in [0.2, 0.25) is 0 Å². The third kappa shape index (κ3) is 3.42. The fourth-order valence-electron chi connectivity index (χ4n) is 2.98. The zero-order chi connectivity index (χ0) is 14.4. The summed E-state index contributed by atoms with van der Waals surface area (Å²) in [6.07, 6.45) is 6.35. The lowest BCUT2D eigenvalue weighted by Gasteiger charge is -2.34. The van der Waals surface area contributed by atoms with Crippen LogP contribution < -0.4 is 5.32 Å². The normalized spacial score (nSPS) is 19.0. The first-order chi connectivity index (χ1) is 9.77. The lowest BCUT2D eigenvalue weighted by atomic mass is 10.0. The van der Waals surface area contributed by atoms with Gasteiger partial charge in [-0.15, -0.1) is 0 Å². The Bertz CT molecular complexity index is 421. The molecule has 0 spiro atoms. The molecule has 1 amide bonds. The highest BCUT2D eigenvalue weighted by Crippen LogP contribution is 2.16. The summed E-state index contributed by atoms with van der Waals surface area (Å²) >= 11 is 0. The fraction of sp³-hybridized carbons (Fsp3) is 0.688. The second kappa shape index (κ2) is 7.48. The van der Waals surface area contributed by atoms with Crippen molar-refractivity contribution in [2.75, 3.05) is 19.6 Å². The monoisotopic (exact) mass is 277 g/mol. The van der Waals surface area contributed by atoms with E-state index in [0.29, 0.717) is 6.04 Å². The van der Waals surface area contributed by atoms with E-state index in [-0.39, 0.29) is 5.91 Å². The van der Waals surface area contributed by atoms with Crippen LogP contribution in [0.1, 0.15) is 50.0 Å². The Morgan fingerprint density at radius 2 is 2.30 bits per heavy atom. The number of nitrogens with zero attached hydrogens (tertiary/aromatic N) is 2. The van der Waals surface area contributed by atoms with Crippen LogP contribution in [0.4, 0.5) is 0 Å². The maximum atomic E-state index is 12.9. The van der Waals surface area contributed by atoms with Crippen molar-refractivity contribution in [2.24, 2.45) is 0 Å². The van der Waals surface area contributed by atoms with Gasteiger partial charge in [0.1, 0.15) is 5.69 Å². The summed E-state index contributed by atoms with van der Waals surface area (Å²) in [6.45, 7) is 8.06. The van der Waals surface area contributed by atoms with Crippen LogP contribution in [0.3, 0.4) is 0 Å².